The lowest BCUT2D eigenvalue weighted by Gasteiger charge is -2.10. The minimum Gasteiger partial charge on any atom is -0.322 e. The van der Waals surface area contributed by atoms with Crippen LogP contribution in [0.3, 0.4) is 0 Å². The first-order chi connectivity index (χ1) is 16.1. The van der Waals surface area contributed by atoms with Crippen LogP contribution >= 0.6 is 0 Å². The summed E-state index contributed by atoms with van der Waals surface area (Å²) in [6, 6.07) is 19.0. The van der Waals surface area contributed by atoms with Crippen molar-refractivity contribution in [2.24, 2.45) is 0 Å². The van der Waals surface area contributed by atoms with Gasteiger partial charge in [-0.1, -0.05) is 42.0 Å². The molecule has 1 aromatic heterocycles. The summed E-state index contributed by atoms with van der Waals surface area (Å²) in [4.78, 5) is 13.3. The summed E-state index contributed by atoms with van der Waals surface area (Å²) in [6.07, 6.45) is 2.56. The smallest absolute Gasteiger partial charge is 0.259 e. The predicted molar refractivity (Wildman–Crippen MR) is 131 cm³/mol. The van der Waals surface area contributed by atoms with E-state index in [1.54, 1.807) is 10.9 Å². The van der Waals surface area contributed by atoms with Crippen molar-refractivity contribution in [1.29, 1.82) is 0 Å². The predicted octanol–water partition coefficient (Wildman–Crippen LogP) is 4.92. The normalized spacial score (nSPS) is 11.3. The fourth-order valence-corrected chi connectivity index (χ4v) is 4.17. The van der Waals surface area contributed by atoms with Gasteiger partial charge in [0.15, 0.2) is 0 Å². The van der Waals surface area contributed by atoms with Crippen LogP contribution in [0.5, 0.6) is 0 Å². The summed E-state index contributed by atoms with van der Waals surface area (Å²) in [6.45, 7) is 3.94. The number of nitrogens with zero attached hydrogens (tertiary/aromatic N) is 2. The molecule has 3 aromatic carbocycles. The molecule has 0 fully saturated rings. The molecule has 1 heterocycles. The molecule has 0 saturated heterocycles. The van der Waals surface area contributed by atoms with Crippen molar-refractivity contribution in [2.75, 3.05) is 16.3 Å². The minimum atomic E-state index is -3.69. The minimum absolute atomic E-state index is 0.233. The maximum atomic E-state index is 14.1. The molecule has 0 radical (unpaired) electrons. The average Bonchev–Trinajstić information content (AvgIpc) is 3.21. The third-order valence-electron chi connectivity index (χ3n) is 5.14. The Bertz CT molecular complexity index is 1480. The second-order valence-electron chi connectivity index (χ2n) is 8.01. The lowest BCUT2D eigenvalue weighted by molar-refractivity contribution is 0.102. The highest BCUT2D eigenvalue weighted by molar-refractivity contribution is 7.92. The van der Waals surface area contributed by atoms with Crippen LogP contribution in [0.4, 0.5) is 15.8 Å². The van der Waals surface area contributed by atoms with Crippen LogP contribution in [0, 0.1) is 19.7 Å². The Morgan fingerprint density at radius 3 is 2.41 bits per heavy atom. The molecule has 0 spiro atoms. The van der Waals surface area contributed by atoms with Crippen LogP contribution in [0.15, 0.2) is 72.9 Å². The Kier molecular flexibility index (Phi) is 6.21. The van der Waals surface area contributed by atoms with E-state index in [2.05, 4.69) is 15.1 Å². The molecule has 0 aliphatic heterocycles. The quantitative estimate of drug-likeness (QED) is 0.411. The van der Waals surface area contributed by atoms with Gasteiger partial charge in [-0.3, -0.25) is 9.52 Å². The van der Waals surface area contributed by atoms with E-state index in [9.17, 15) is 17.6 Å². The van der Waals surface area contributed by atoms with Crippen LogP contribution in [0.2, 0.25) is 0 Å². The molecule has 7 nitrogen and oxygen atoms in total. The summed E-state index contributed by atoms with van der Waals surface area (Å²) in [5.41, 5.74) is 4.44. The lowest BCUT2D eigenvalue weighted by atomic mass is 10.0. The number of nitrogens with one attached hydrogen (secondary N) is 2. The molecule has 0 bridgehead atoms. The zero-order chi connectivity index (χ0) is 24.5. The van der Waals surface area contributed by atoms with E-state index >= 15 is 0 Å². The SMILES string of the molecule is Cc1ccc(-c2nn(-c3ccccc3)cc2C(=O)Nc2ccc(F)c(NS(C)(=O)=O)c2)c(C)c1. The Morgan fingerprint density at radius 1 is 1.00 bits per heavy atom. The molecule has 174 valence electrons. The molecule has 4 rings (SSSR count). The molecule has 0 saturated carbocycles. The number of benzene rings is 3. The molecule has 0 unspecified atom stereocenters. The second-order valence-corrected chi connectivity index (χ2v) is 9.76. The van der Waals surface area contributed by atoms with Crippen molar-refractivity contribution < 1.29 is 17.6 Å². The molecule has 1 amide bonds. The van der Waals surface area contributed by atoms with Crippen molar-refractivity contribution in [3.63, 3.8) is 0 Å². The summed E-state index contributed by atoms with van der Waals surface area (Å²) < 4.78 is 40.9. The number of halogens is 1. The molecule has 4 aromatic rings. The number of anilines is 2. The first-order valence-corrected chi connectivity index (χ1v) is 12.3. The van der Waals surface area contributed by atoms with Crippen LogP contribution in [0.1, 0.15) is 21.5 Å². The van der Waals surface area contributed by atoms with Crippen LogP contribution in [-0.2, 0) is 10.0 Å². The maximum Gasteiger partial charge on any atom is 0.259 e. The number of para-hydroxylation sites is 1. The number of hydrogen-bond donors (Lipinski definition) is 2. The Balaban J connectivity index is 1.75. The van der Waals surface area contributed by atoms with Gasteiger partial charge in [0.25, 0.3) is 5.91 Å². The Morgan fingerprint density at radius 2 is 1.74 bits per heavy atom. The summed E-state index contributed by atoms with van der Waals surface area (Å²) in [5.74, 6) is -1.22. The highest BCUT2D eigenvalue weighted by Gasteiger charge is 2.21. The van der Waals surface area contributed by atoms with Crippen molar-refractivity contribution in [3.8, 4) is 16.9 Å². The number of carbonyl (C=O) groups excluding carboxylic acids is 1. The molecule has 2 N–H and O–H groups in total. The third kappa shape index (κ3) is 5.15. The van der Waals surface area contributed by atoms with Gasteiger partial charge in [0, 0.05) is 17.4 Å². The number of carbonyl (C=O) groups is 1. The fraction of sp³-hybridized carbons (Fsp3) is 0.120. The van der Waals surface area contributed by atoms with E-state index in [1.807, 2.05) is 62.4 Å². The zero-order valence-electron chi connectivity index (χ0n) is 18.8. The molecular weight excluding hydrogens is 455 g/mol. The number of aryl methyl sites for hydroxylation is 2. The van der Waals surface area contributed by atoms with E-state index in [4.69, 9.17) is 0 Å². The molecule has 0 atom stereocenters. The number of amides is 1. The number of rotatable bonds is 6. The third-order valence-corrected chi connectivity index (χ3v) is 5.73. The molecule has 0 aliphatic carbocycles. The van der Waals surface area contributed by atoms with E-state index in [-0.39, 0.29) is 11.4 Å². The van der Waals surface area contributed by atoms with E-state index in [1.165, 1.54) is 12.1 Å². The summed E-state index contributed by atoms with van der Waals surface area (Å²) in [5, 5.41) is 7.41. The second kappa shape index (κ2) is 9.11. The largest absolute Gasteiger partial charge is 0.322 e. The van der Waals surface area contributed by atoms with Crippen molar-refractivity contribution in [2.45, 2.75) is 13.8 Å². The van der Waals surface area contributed by atoms with Gasteiger partial charge in [0.1, 0.15) is 11.5 Å². The van der Waals surface area contributed by atoms with Crippen molar-refractivity contribution >= 4 is 27.3 Å². The van der Waals surface area contributed by atoms with Gasteiger partial charge in [-0.2, -0.15) is 5.10 Å². The van der Waals surface area contributed by atoms with Crippen molar-refractivity contribution in [3.05, 3.63) is 95.4 Å². The highest BCUT2D eigenvalue weighted by Crippen LogP contribution is 2.29. The topological polar surface area (TPSA) is 93.1 Å². The lowest BCUT2D eigenvalue weighted by Crippen LogP contribution is -2.14. The van der Waals surface area contributed by atoms with Crippen LogP contribution in [-0.4, -0.2) is 30.4 Å². The number of hydrogen-bond acceptors (Lipinski definition) is 4. The van der Waals surface area contributed by atoms with Crippen LogP contribution in [0.25, 0.3) is 16.9 Å². The van der Waals surface area contributed by atoms with Gasteiger partial charge in [0.05, 0.1) is 23.2 Å². The van der Waals surface area contributed by atoms with Gasteiger partial charge < -0.3 is 5.32 Å². The molecule has 9 heteroatoms. The summed E-state index contributed by atoms with van der Waals surface area (Å²) >= 11 is 0. The van der Waals surface area contributed by atoms with E-state index < -0.39 is 21.7 Å². The van der Waals surface area contributed by atoms with Gasteiger partial charge in [-0.05, 0) is 49.7 Å². The van der Waals surface area contributed by atoms with Crippen molar-refractivity contribution in [1.82, 2.24) is 9.78 Å². The zero-order valence-corrected chi connectivity index (χ0v) is 19.7. The van der Waals surface area contributed by atoms with E-state index in [0.29, 0.717) is 11.3 Å². The van der Waals surface area contributed by atoms with Gasteiger partial charge in [-0.25, -0.2) is 17.5 Å². The summed E-state index contributed by atoms with van der Waals surface area (Å²) in [7, 11) is -3.69. The standard InChI is InChI=1S/C25H23FN4O3S/c1-16-9-11-20(17(2)13-16)24-21(15-30(28-24)19-7-5-4-6-8-19)25(31)27-18-10-12-22(26)23(14-18)29-34(3,32)33/h4-15,29H,1-3H3,(H,27,31). The monoisotopic (exact) mass is 478 g/mol. The van der Waals surface area contributed by atoms with Gasteiger partial charge in [0.2, 0.25) is 10.0 Å². The van der Waals surface area contributed by atoms with Gasteiger partial charge >= 0.3 is 0 Å². The first-order valence-electron chi connectivity index (χ1n) is 10.4. The maximum absolute atomic E-state index is 14.1. The van der Waals surface area contributed by atoms with Crippen LogP contribution < -0.4 is 10.0 Å². The fourth-order valence-electron chi connectivity index (χ4n) is 3.61. The molecular formula is C25H23FN4O3S. The Hall–Kier alpha value is -3.98. The number of aromatic nitrogens is 2. The molecule has 34 heavy (non-hydrogen) atoms. The van der Waals surface area contributed by atoms with Gasteiger partial charge in [-0.15, -0.1) is 0 Å². The Labute approximate surface area is 197 Å². The first kappa shape index (κ1) is 23.2. The average molecular weight is 479 g/mol. The highest BCUT2D eigenvalue weighted by atomic mass is 32.2. The van der Waals surface area contributed by atoms with E-state index in [0.717, 1.165) is 34.7 Å². The molecule has 0 aliphatic rings. The number of sulfonamides is 1.